The molecule has 0 unspecified atom stereocenters. The van der Waals surface area contributed by atoms with Crippen LogP contribution in [0.1, 0.15) is 50.1 Å². The van der Waals surface area contributed by atoms with Crippen LogP contribution in [-0.2, 0) is 40.9 Å². The minimum absolute atomic E-state index is 0.0337. The van der Waals surface area contributed by atoms with Gasteiger partial charge in [0.15, 0.2) is 11.4 Å². The topological polar surface area (TPSA) is 188 Å². The number of alkyl carbamates (subject to hydrolysis) is 1. The molecule has 5 rings (SSSR count). The molecule has 16 heteroatoms. The molecule has 0 saturated carbocycles. The van der Waals surface area contributed by atoms with Gasteiger partial charge in [0.25, 0.3) is 10.0 Å². The number of sulfonamides is 1. The van der Waals surface area contributed by atoms with Crippen LogP contribution in [0, 0.1) is 0 Å². The van der Waals surface area contributed by atoms with Crippen molar-refractivity contribution in [3.8, 4) is 11.5 Å². The second-order valence-electron chi connectivity index (χ2n) is 11.1. The number of aromatic nitrogens is 6. The van der Waals surface area contributed by atoms with Crippen molar-refractivity contribution < 1.29 is 31.9 Å². The van der Waals surface area contributed by atoms with Crippen LogP contribution in [0.25, 0.3) is 11.0 Å². The molecule has 5 aromatic rings. The zero-order chi connectivity index (χ0) is 32.2. The number of nitrogens with zero attached hydrogens (tertiary/aromatic N) is 5. The van der Waals surface area contributed by atoms with Gasteiger partial charge in [-0.15, -0.1) is 5.10 Å². The van der Waals surface area contributed by atoms with Gasteiger partial charge >= 0.3 is 6.09 Å². The molecule has 2 aromatic carbocycles. The maximum Gasteiger partial charge on any atom is 0.407 e. The Bertz CT molecular complexity index is 1890. The number of carbonyl (C=O) groups is 1. The number of H-pyrrole nitrogens is 1. The Labute approximate surface area is 259 Å². The summed E-state index contributed by atoms with van der Waals surface area (Å²) in [5.41, 5.74) is 2.65. The highest BCUT2D eigenvalue weighted by Gasteiger charge is 2.25. The third kappa shape index (κ3) is 7.70. The van der Waals surface area contributed by atoms with Crippen molar-refractivity contribution in [3.05, 3.63) is 71.3 Å². The molecule has 0 aliphatic carbocycles. The lowest BCUT2D eigenvalue weighted by Crippen LogP contribution is -2.32. The normalized spacial score (nSPS) is 11.8. The zero-order valence-electron chi connectivity index (χ0n) is 25.4. The first-order valence-electron chi connectivity index (χ1n) is 14.0. The first kappa shape index (κ1) is 31.3. The number of aryl methyl sites for hydroxylation is 1. The van der Waals surface area contributed by atoms with E-state index in [1.54, 1.807) is 68.2 Å². The lowest BCUT2D eigenvalue weighted by molar-refractivity contribution is 0.0523. The van der Waals surface area contributed by atoms with Crippen LogP contribution >= 0.6 is 0 Å². The average Bonchev–Trinajstić information content (AvgIpc) is 3.76. The van der Waals surface area contributed by atoms with E-state index < -0.39 is 21.7 Å². The van der Waals surface area contributed by atoms with Crippen LogP contribution in [-0.4, -0.2) is 57.6 Å². The summed E-state index contributed by atoms with van der Waals surface area (Å²) in [6, 6.07) is 8.45. The summed E-state index contributed by atoms with van der Waals surface area (Å²) in [7, 11) is -2.71. The highest BCUT2D eigenvalue weighted by molar-refractivity contribution is 7.92. The Morgan fingerprint density at radius 3 is 2.62 bits per heavy atom. The third-order valence-electron chi connectivity index (χ3n) is 6.47. The molecule has 0 fully saturated rings. The van der Waals surface area contributed by atoms with E-state index in [1.807, 2.05) is 6.92 Å². The monoisotopic (exact) mass is 638 g/mol. The summed E-state index contributed by atoms with van der Waals surface area (Å²) in [5.74, 6) is 0.468. The van der Waals surface area contributed by atoms with Gasteiger partial charge in [-0.05, 0) is 62.6 Å². The molecule has 3 N–H and O–H groups in total. The van der Waals surface area contributed by atoms with E-state index in [9.17, 15) is 13.2 Å². The van der Waals surface area contributed by atoms with Gasteiger partial charge in [-0.3, -0.25) is 14.5 Å². The van der Waals surface area contributed by atoms with Gasteiger partial charge in [-0.2, -0.15) is 5.10 Å². The number of rotatable bonds is 12. The Kier molecular flexibility index (Phi) is 8.94. The Morgan fingerprint density at radius 2 is 1.91 bits per heavy atom. The molecule has 1 amide bonds. The van der Waals surface area contributed by atoms with E-state index in [0.717, 1.165) is 16.7 Å². The van der Waals surface area contributed by atoms with E-state index >= 15 is 0 Å². The molecular weight excluding hydrogens is 604 g/mol. The maximum atomic E-state index is 13.7. The van der Waals surface area contributed by atoms with Crippen molar-refractivity contribution in [2.75, 3.05) is 11.8 Å². The Balaban J connectivity index is 1.34. The van der Waals surface area contributed by atoms with Crippen LogP contribution in [0.5, 0.6) is 11.5 Å². The quantitative estimate of drug-likeness (QED) is 0.178. The second-order valence-corrected chi connectivity index (χ2v) is 12.8. The van der Waals surface area contributed by atoms with Gasteiger partial charge in [0.05, 0.1) is 31.7 Å². The SMILES string of the molecule is CCc1ccc(OCc2cnn[nH]2)c(S(=O)(=O)Nc2noc3cc(Cn4cc(CNC(=O)OC(C)(C)C)cn4)cc(OC)c23)c1. The molecule has 15 nitrogen and oxygen atoms in total. The van der Waals surface area contributed by atoms with E-state index in [4.69, 9.17) is 18.7 Å². The van der Waals surface area contributed by atoms with Crippen LogP contribution < -0.4 is 19.5 Å². The highest BCUT2D eigenvalue weighted by atomic mass is 32.2. The number of aromatic amines is 1. The van der Waals surface area contributed by atoms with E-state index in [0.29, 0.717) is 35.4 Å². The van der Waals surface area contributed by atoms with E-state index in [-0.39, 0.29) is 29.6 Å². The lowest BCUT2D eigenvalue weighted by Gasteiger charge is -2.19. The molecule has 0 aliphatic heterocycles. The Hall–Kier alpha value is -5.12. The molecule has 3 aromatic heterocycles. The smallest absolute Gasteiger partial charge is 0.407 e. The summed E-state index contributed by atoms with van der Waals surface area (Å²) in [5, 5.41) is 21.5. The summed E-state index contributed by atoms with van der Waals surface area (Å²) in [6.45, 7) is 7.94. The van der Waals surface area contributed by atoms with Gasteiger partial charge in [-0.25, -0.2) is 13.2 Å². The number of carbonyl (C=O) groups excluding carboxylic acids is 1. The molecule has 0 saturated heterocycles. The summed E-state index contributed by atoms with van der Waals surface area (Å²) in [6.07, 6.45) is 5.03. The molecule has 0 spiro atoms. The van der Waals surface area contributed by atoms with Crippen LogP contribution in [0.2, 0.25) is 0 Å². The lowest BCUT2D eigenvalue weighted by atomic mass is 10.1. The number of ether oxygens (including phenoxy) is 3. The Morgan fingerprint density at radius 1 is 1.09 bits per heavy atom. The second kappa shape index (κ2) is 12.9. The first-order chi connectivity index (χ1) is 21.4. The van der Waals surface area contributed by atoms with Crippen LogP contribution in [0.3, 0.4) is 0 Å². The molecule has 45 heavy (non-hydrogen) atoms. The predicted octanol–water partition coefficient (Wildman–Crippen LogP) is 4.17. The molecule has 0 bridgehead atoms. The van der Waals surface area contributed by atoms with Crippen molar-refractivity contribution in [3.63, 3.8) is 0 Å². The van der Waals surface area contributed by atoms with Crippen molar-refractivity contribution in [2.24, 2.45) is 0 Å². The molecule has 3 heterocycles. The van der Waals surface area contributed by atoms with Crippen molar-refractivity contribution >= 4 is 32.9 Å². The maximum absolute atomic E-state index is 13.7. The fraction of sp³-hybridized carbons (Fsp3) is 0.345. The minimum atomic E-state index is -4.18. The molecular formula is C29H34N8O7S. The fourth-order valence-corrected chi connectivity index (χ4v) is 5.60. The number of anilines is 1. The molecule has 238 valence electrons. The standard InChI is InChI=1S/C29H34N8O7S/c1-6-18-7-8-22(42-17-21-14-31-36-33-21)25(11-18)45(39,40)35-27-26-23(41-5)9-19(10-24(26)44-34-27)15-37-16-20(13-32-37)12-30-28(38)43-29(2,3)4/h7-11,13-14,16H,6,12,15,17H2,1-5H3,(H,30,38)(H,34,35)(H,31,33,36). The first-order valence-corrected chi connectivity index (χ1v) is 15.5. The zero-order valence-corrected chi connectivity index (χ0v) is 26.3. The van der Waals surface area contributed by atoms with Crippen molar-refractivity contribution in [1.29, 1.82) is 0 Å². The minimum Gasteiger partial charge on any atom is -0.496 e. The van der Waals surface area contributed by atoms with Crippen molar-refractivity contribution in [1.82, 2.24) is 35.7 Å². The van der Waals surface area contributed by atoms with Gasteiger partial charge in [0, 0.05) is 18.3 Å². The van der Waals surface area contributed by atoms with Crippen LogP contribution in [0.4, 0.5) is 10.6 Å². The highest BCUT2D eigenvalue weighted by Crippen LogP contribution is 2.36. The third-order valence-corrected chi connectivity index (χ3v) is 7.83. The number of nitrogens with one attached hydrogen (secondary N) is 3. The van der Waals surface area contributed by atoms with Crippen molar-refractivity contribution in [2.45, 2.75) is 64.3 Å². The number of methoxy groups -OCH3 is 1. The van der Waals surface area contributed by atoms with E-state index in [2.05, 4.69) is 35.7 Å². The molecule has 0 atom stereocenters. The van der Waals surface area contributed by atoms with Crippen LogP contribution in [0.15, 0.2) is 58.3 Å². The fourth-order valence-electron chi connectivity index (χ4n) is 4.40. The summed E-state index contributed by atoms with van der Waals surface area (Å²) >= 11 is 0. The van der Waals surface area contributed by atoms with Gasteiger partial charge < -0.3 is 24.1 Å². The number of hydrogen-bond acceptors (Lipinski definition) is 11. The summed E-state index contributed by atoms with van der Waals surface area (Å²) < 4.78 is 53.8. The van der Waals surface area contributed by atoms with Gasteiger partial charge in [0.2, 0.25) is 0 Å². The number of fused-ring (bicyclic) bond motifs is 1. The van der Waals surface area contributed by atoms with Gasteiger partial charge in [0.1, 0.15) is 34.0 Å². The summed E-state index contributed by atoms with van der Waals surface area (Å²) in [4.78, 5) is 11.9. The number of hydrogen-bond donors (Lipinski definition) is 3. The predicted molar refractivity (Wildman–Crippen MR) is 162 cm³/mol. The largest absolute Gasteiger partial charge is 0.496 e. The number of benzene rings is 2. The molecule has 0 aliphatic rings. The van der Waals surface area contributed by atoms with Gasteiger partial charge in [-0.1, -0.05) is 23.4 Å². The average molecular weight is 639 g/mol. The molecule has 0 radical (unpaired) electrons. The number of amides is 1. The van der Waals surface area contributed by atoms with E-state index in [1.165, 1.54) is 13.3 Å².